The number of carboxylic acid groups (broad SMARTS) is 1. The molecule has 1 rings (SSSR count). The van der Waals surface area contributed by atoms with Crippen molar-refractivity contribution in [1.82, 2.24) is 0 Å². The largest absolute Gasteiger partial charge is 0.486 e. The van der Waals surface area contributed by atoms with Crippen LogP contribution < -0.4 is 4.74 Å². The molecule has 0 atom stereocenters. The van der Waals surface area contributed by atoms with Crippen molar-refractivity contribution in [3.8, 4) is 5.75 Å². The normalized spacial score (nSPS) is 11.7. The molecule has 0 aliphatic rings. The van der Waals surface area contributed by atoms with Crippen molar-refractivity contribution in [2.24, 2.45) is 0 Å². The predicted molar refractivity (Wildman–Crippen MR) is 54.9 cm³/mol. The van der Waals surface area contributed by atoms with E-state index in [0.29, 0.717) is 0 Å². The van der Waals surface area contributed by atoms with Crippen LogP contribution in [0.5, 0.6) is 5.75 Å². The Balaban J connectivity index is 2.92. The third-order valence-electron chi connectivity index (χ3n) is 1.93. The molecule has 1 aromatic carbocycles. The van der Waals surface area contributed by atoms with Crippen molar-refractivity contribution in [2.45, 2.75) is 12.3 Å². The van der Waals surface area contributed by atoms with E-state index in [9.17, 15) is 22.4 Å². The molecule has 0 saturated carbocycles. The quantitative estimate of drug-likeness (QED) is 0.845. The van der Waals surface area contributed by atoms with Crippen molar-refractivity contribution in [2.75, 3.05) is 6.61 Å². The zero-order chi connectivity index (χ0) is 13.9. The smallest absolute Gasteiger partial charge is 0.341 e. The summed E-state index contributed by atoms with van der Waals surface area (Å²) in [6.45, 7) is -1.63. The van der Waals surface area contributed by atoms with Crippen LogP contribution >= 0.6 is 11.6 Å². The van der Waals surface area contributed by atoms with Gasteiger partial charge in [0.15, 0.2) is 6.61 Å². The first kappa shape index (κ1) is 14.6. The molecule has 0 bridgehead atoms. The first-order chi connectivity index (χ1) is 8.25. The van der Waals surface area contributed by atoms with Gasteiger partial charge in [0.25, 0.3) is 0 Å². The van der Waals surface area contributed by atoms with E-state index in [4.69, 9.17) is 16.7 Å². The van der Waals surface area contributed by atoms with Crippen LogP contribution in [0.25, 0.3) is 0 Å². The van der Waals surface area contributed by atoms with Gasteiger partial charge >= 0.3 is 18.3 Å². The Morgan fingerprint density at radius 3 is 2.56 bits per heavy atom. The van der Waals surface area contributed by atoms with Crippen molar-refractivity contribution in [3.05, 3.63) is 28.8 Å². The highest BCUT2D eigenvalue weighted by atomic mass is 35.5. The van der Waals surface area contributed by atoms with E-state index in [1.807, 2.05) is 0 Å². The number of carbonyl (C=O) groups is 1. The van der Waals surface area contributed by atoms with Crippen molar-refractivity contribution < 1.29 is 32.2 Å². The maximum Gasteiger partial charge on any atom is 0.341 e. The third-order valence-corrected chi connectivity index (χ3v) is 2.24. The molecule has 3 nitrogen and oxygen atoms in total. The number of ether oxygens (including phenoxy) is 1. The molecule has 0 fully saturated rings. The van der Waals surface area contributed by atoms with Gasteiger partial charge in [-0.25, -0.2) is 13.6 Å². The van der Waals surface area contributed by atoms with E-state index < -0.39 is 36.2 Å². The van der Waals surface area contributed by atoms with E-state index >= 15 is 0 Å². The van der Waals surface area contributed by atoms with Gasteiger partial charge in [0.1, 0.15) is 11.3 Å². The summed E-state index contributed by atoms with van der Waals surface area (Å²) >= 11 is 5.54. The maximum atomic E-state index is 12.6. The predicted octanol–water partition coefficient (Wildman–Crippen LogP) is 3.32. The Labute approximate surface area is 104 Å². The van der Waals surface area contributed by atoms with Crippen LogP contribution in [0.1, 0.15) is 10.4 Å². The molecular weight excluding hydrogens is 280 g/mol. The third kappa shape index (κ3) is 3.25. The van der Waals surface area contributed by atoms with E-state index in [2.05, 4.69) is 4.74 Å². The highest BCUT2D eigenvalue weighted by Crippen LogP contribution is 2.29. The number of halogens is 5. The molecule has 0 saturated heterocycles. The monoisotopic (exact) mass is 286 g/mol. The second-order valence-corrected chi connectivity index (χ2v) is 3.68. The summed E-state index contributed by atoms with van der Waals surface area (Å²) in [4.78, 5) is 10.8. The Kier molecular flexibility index (Phi) is 4.39. The minimum atomic E-state index is -4.36. The summed E-state index contributed by atoms with van der Waals surface area (Å²) in [5, 5.41) is 8.55. The summed E-state index contributed by atoms with van der Waals surface area (Å²) in [5.41, 5.74) is -0.552. The second-order valence-electron chi connectivity index (χ2n) is 3.27. The Morgan fingerprint density at radius 2 is 2.06 bits per heavy atom. The zero-order valence-electron chi connectivity index (χ0n) is 8.67. The molecule has 18 heavy (non-hydrogen) atoms. The highest BCUT2D eigenvalue weighted by Gasteiger charge is 2.42. The summed E-state index contributed by atoms with van der Waals surface area (Å²) in [6, 6.07) is 3.52. The first-order valence-electron chi connectivity index (χ1n) is 4.56. The fourth-order valence-corrected chi connectivity index (χ4v) is 1.32. The molecule has 100 valence electrons. The molecule has 0 spiro atoms. The number of aromatic carboxylic acids is 1. The molecule has 0 unspecified atom stereocenters. The van der Waals surface area contributed by atoms with Gasteiger partial charge in [-0.1, -0.05) is 17.7 Å². The minimum Gasteiger partial charge on any atom is -0.486 e. The average molecular weight is 287 g/mol. The van der Waals surface area contributed by atoms with Gasteiger partial charge in [-0.05, 0) is 12.1 Å². The lowest BCUT2D eigenvalue weighted by Gasteiger charge is -2.17. The molecule has 0 aliphatic carbocycles. The number of alkyl halides is 4. The number of benzene rings is 1. The lowest BCUT2D eigenvalue weighted by molar-refractivity contribution is -0.148. The van der Waals surface area contributed by atoms with Gasteiger partial charge < -0.3 is 9.84 Å². The molecule has 1 aromatic rings. The van der Waals surface area contributed by atoms with Crippen LogP contribution in [-0.4, -0.2) is 30.0 Å². The maximum absolute atomic E-state index is 12.6. The number of carboxylic acids is 1. The zero-order valence-corrected chi connectivity index (χ0v) is 9.43. The Hall–Kier alpha value is -1.50. The van der Waals surface area contributed by atoms with E-state index in [1.165, 1.54) is 12.1 Å². The lowest BCUT2D eigenvalue weighted by atomic mass is 10.2. The second kappa shape index (κ2) is 5.43. The van der Waals surface area contributed by atoms with Gasteiger partial charge in [0, 0.05) is 0 Å². The molecule has 0 amide bonds. The topological polar surface area (TPSA) is 46.5 Å². The van der Waals surface area contributed by atoms with Gasteiger partial charge in [-0.2, -0.15) is 8.78 Å². The van der Waals surface area contributed by atoms with Crippen molar-refractivity contribution in [3.63, 3.8) is 0 Å². The summed E-state index contributed by atoms with van der Waals surface area (Å²) < 4.78 is 53.4. The van der Waals surface area contributed by atoms with Crippen molar-refractivity contribution >= 4 is 17.6 Å². The molecule has 8 heteroatoms. The van der Waals surface area contributed by atoms with Crippen molar-refractivity contribution in [1.29, 1.82) is 0 Å². The van der Waals surface area contributed by atoms with Gasteiger partial charge in [-0.3, -0.25) is 0 Å². The number of rotatable bonds is 5. The minimum absolute atomic E-state index is 0.236. The lowest BCUT2D eigenvalue weighted by Crippen LogP contribution is -2.34. The van der Waals surface area contributed by atoms with Gasteiger partial charge in [0.05, 0.1) is 5.02 Å². The number of hydrogen-bond donors (Lipinski definition) is 1. The van der Waals surface area contributed by atoms with Crippen LogP contribution in [0.4, 0.5) is 17.6 Å². The molecule has 1 N–H and O–H groups in total. The fraction of sp³-hybridized carbons (Fsp3) is 0.300. The molecule has 0 aromatic heterocycles. The number of hydrogen-bond acceptors (Lipinski definition) is 2. The molecule has 0 radical (unpaired) electrons. The SMILES string of the molecule is O=C(O)c1c(Cl)cccc1OCC(F)(F)C(F)F. The van der Waals surface area contributed by atoms with E-state index in [-0.39, 0.29) is 5.02 Å². The van der Waals surface area contributed by atoms with E-state index in [0.717, 1.165) is 6.07 Å². The highest BCUT2D eigenvalue weighted by molar-refractivity contribution is 6.33. The first-order valence-corrected chi connectivity index (χ1v) is 4.94. The van der Waals surface area contributed by atoms with Crippen LogP contribution in [0, 0.1) is 0 Å². The molecule has 0 heterocycles. The van der Waals surface area contributed by atoms with Gasteiger partial charge in [0.2, 0.25) is 0 Å². The molecular formula is C10H7ClF4O3. The van der Waals surface area contributed by atoms with Crippen LogP contribution in [0.15, 0.2) is 18.2 Å². The van der Waals surface area contributed by atoms with Gasteiger partial charge in [-0.15, -0.1) is 0 Å². The van der Waals surface area contributed by atoms with Crippen LogP contribution in [0.2, 0.25) is 5.02 Å². The standard InChI is InChI=1S/C10H7ClF4O3/c11-5-2-1-3-6(7(5)8(16)17)18-4-10(14,15)9(12)13/h1-3,9H,4H2,(H,16,17). The fourth-order valence-electron chi connectivity index (χ4n) is 1.07. The summed E-state index contributed by atoms with van der Waals surface area (Å²) in [7, 11) is 0. The van der Waals surface area contributed by atoms with E-state index in [1.54, 1.807) is 0 Å². The summed E-state index contributed by atoms with van der Waals surface area (Å²) in [5.74, 6) is -6.36. The average Bonchev–Trinajstić information content (AvgIpc) is 2.25. The Bertz CT molecular complexity index is 451. The molecule has 0 aliphatic heterocycles. The van der Waals surface area contributed by atoms with Crippen LogP contribution in [-0.2, 0) is 0 Å². The Morgan fingerprint density at radius 1 is 1.44 bits per heavy atom. The van der Waals surface area contributed by atoms with Crippen LogP contribution in [0.3, 0.4) is 0 Å². The summed E-state index contributed by atoms with van der Waals surface area (Å²) in [6.07, 6.45) is -3.90.